The van der Waals surface area contributed by atoms with Crippen molar-refractivity contribution in [3.05, 3.63) is 36.0 Å². The summed E-state index contributed by atoms with van der Waals surface area (Å²) in [7, 11) is 0. The van der Waals surface area contributed by atoms with Crippen LogP contribution in [0.1, 0.15) is 24.2 Å². The van der Waals surface area contributed by atoms with Gasteiger partial charge in [-0.2, -0.15) is 4.98 Å². The minimum atomic E-state index is -0.0989. The number of carbonyl (C=O) groups excluding carboxylic acids is 1. The summed E-state index contributed by atoms with van der Waals surface area (Å²) in [4.78, 5) is 25.1. The third-order valence-corrected chi connectivity index (χ3v) is 4.81. The molecule has 2 N–H and O–H groups in total. The van der Waals surface area contributed by atoms with Gasteiger partial charge in [0, 0.05) is 49.8 Å². The molecule has 0 saturated carbocycles. The number of aromatic nitrogens is 2. The van der Waals surface area contributed by atoms with Gasteiger partial charge in [0.1, 0.15) is 5.56 Å². The number of hydrogen-bond donors (Lipinski definition) is 2. The van der Waals surface area contributed by atoms with Gasteiger partial charge in [-0.3, -0.25) is 4.79 Å². The van der Waals surface area contributed by atoms with E-state index < -0.39 is 0 Å². The molecule has 0 bridgehead atoms. The first-order valence-corrected chi connectivity index (χ1v) is 9.25. The molecular formula is C19H24N6O2. The molecular weight excluding hydrogens is 344 g/mol. The molecule has 3 heterocycles. The first-order valence-electron chi connectivity index (χ1n) is 9.25. The van der Waals surface area contributed by atoms with Crippen molar-refractivity contribution in [1.82, 2.24) is 20.2 Å². The van der Waals surface area contributed by atoms with Crippen molar-refractivity contribution in [2.45, 2.75) is 19.9 Å². The lowest BCUT2D eigenvalue weighted by atomic mass is 10.2. The van der Waals surface area contributed by atoms with Crippen LogP contribution in [-0.2, 0) is 0 Å². The molecule has 1 aromatic carbocycles. The maximum absolute atomic E-state index is 12.5. The average molecular weight is 368 g/mol. The van der Waals surface area contributed by atoms with Gasteiger partial charge in [0.25, 0.3) is 5.91 Å². The minimum Gasteiger partial charge on any atom is -0.455 e. The van der Waals surface area contributed by atoms with E-state index in [2.05, 4.69) is 37.6 Å². The maximum atomic E-state index is 12.5. The molecule has 2 aliphatic heterocycles. The van der Waals surface area contributed by atoms with Gasteiger partial charge in [0.05, 0.1) is 0 Å². The molecule has 0 radical (unpaired) electrons. The lowest BCUT2D eigenvalue weighted by Crippen LogP contribution is -2.43. The number of anilines is 3. The number of rotatable bonds is 4. The largest absolute Gasteiger partial charge is 0.455 e. The van der Waals surface area contributed by atoms with Gasteiger partial charge < -0.3 is 25.2 Å². The standard InChI is InChI=1S/C19H24N6O2/c1-13(2)25-12-27-17-16(18(25)26)11-21-19(23-17)22-14-3-5-15(6-4-14)24-9-7-20-8-10-24/h3-6,11,13,20H,7-10,12H2,1-2H3,(H,21,22,23). The van der Waals surface area contributed by atoms with Crippen molar-refractivity contribution in [2.75, 3.05) is 43.1 Å². The highest BCUT2D eigenvalue weighted by Crippen LogP contribution is 2.26. The van der Waals surface area contributed by atoms with Crippen molar-refractivity contribution in [1.29, 1.82) is 0 Å². The summed E-state index contributed by atoms with van der Waals surface area (Å²) in [6, 6.07) is 8.26. The molecule has 142 valence electrons. The van der Waals surface area contributed by atoms with Gasteiger partial charge in [-0.05, 0) is 38.1 Å². The number of nitrogens with one attached hydrogen (secondary N) is 2. The van der Waals surface area contributed by atoms with Gasteiger partial charge in [-0.1, -0.05) is 0 Å². The zero-order valence-electron chi connectivity index (χ0n) is 15.6. The van der Waals surface area contributed by atoms with Crippen molar-refractivity contribution >= 4 is 23.2 Å². The molecule has 0 aliphatic carbocycles. The monoisotopic (exact) mass is 368 g/mol. The van der Waals surface area contributed by atoms with E-state index in [0.717, 1.165) is 31.9 Å². The van der Waals surface area contributed by atoms with E-state index in [9.17, 15) is 4.79 Å². The van der Waals surface area contributed by atoms with E-state index in [-0.39, 0.29) is 18.7 Å². The van der Waals surface area contributed by atoms with Crippen LogP contribution in [0.25, 0.3) is 0 Å². The van der Waals surface area contributed by atoms with Crippen LogP contribution in [0, 0.1) is 0 Å². The molecule has 1 fully saturated rings. The van der Waals surface area contributed by atoms with Crippen molar-refractivity contribution in [3.63, 3.8) is 0 Å². The number of nitrogens with zero attached hydrogens (tertiary/aromatic N) is 4. The fourth-order valence-electron chi connectivity index (χ4n) is 3.22. The highest BCUT2D eigenvalue weighted by molar-refractivity contribution is 5.97. The van der Waals surface area contributed by atoms with Crippen LogP contribution in [0.2, 0.25) is 0 Å². The Morgan fingerprint density at radius 1 is 1.19 bits per heavy atom. The predicted octanol–water partition coefficient (Wildman–Crippen LogP) is 1.83. The fraction of sp³-hybridized carbons (Fsp3) is 0.421. The molecule has 8 nitrogen and oxygen atoms in total. The van der Waals surface area contributed by atoms with Crippen LogP contribution >= 0.6 is 0 Å². The molecule has 8 heteroatoms. The number of hydrogen-bond acceptors (Lipinski definition) is 7. The lowest BCUT2D eigenvalue weighted by Gasteiger charge is -2.30. The second kappa shape index (κ2) is 7.40. The van der Waals surface area contributed by atoms with E-state index in [1.807, 2.05) is 26.0 Å². The summed E-state index contributed by atoms with van der Waals surface area (Å²) in [5, 5.41) is 6.53. The molecule has 4 rings (SSSR count). The summed E-state index contributed by atoms with van der Waals surface area (Å²) in [5.74, 6) is 0.638. The topological polar surface area (TPSA) is 82.6 Å². The van der Waals surface area contributed by atoms with E-state index in [1.165, 1.54) is 11.9 Å². The van der Waals surface area contributed by atoms with E-state index >= 15 is 0 Å². The molecule has 1 aromatic heterocycles. The highest BCUT2D eigenvalue weighted by Gasteiger charge is 2.29. The number of ether oxygens (including phenoxy) is 1. The Balaban J connectivity index is 1.46. The van der Waals surface area contributed by atoms with Crippen LogP contribution in [0.5, 0.6) is 5.88 Å². The Labute approximate surface area is 158 Å². The number of fused-ring (bicyclic) bond motifs is 1. The summed E-state index contributed by atoms with van der Waals surface area (Å²) in [5.41, 5.74) is 2.49. The van der Waals surface area contributed by atoms with Gasteiger partial charge in [-0.15, -0.1) is 0 Å². The number of benzene rings is 1. The van der Waals surface area contributed by atoms with Gasteiger partial charge >= 0.3 is 0 Å². The maximum Gasteiger partial charge on any atom is 0.263 e. The SMILES string of the molecule is CC(C)N1COc2nc(Nc3ccc(N4CCNCC4)cc3)ncc2C1=O. The van der Waals surface area contributed by atoms with Crippen LogP contribution in [0.15, 0.2) is 30.5 Å². The first kappa shape index (κ1) is 17.5. The summed E-state index contributed by atoms with van der Waals surface area (Å²) in [6.07, 6.45) is 1.52. The molecule has 0 spiro atoms. The predicted molar refractivity (Wildman–Crippen MR) is 104 cm³/mol. The molecule has 0 atom stereocenters. The van der Waals surface area contributed by atoms with E-state index in [1.54, 1.807) is 4.90 Å². The van der Waals surface area contributed by atoms with E-state index in [0.29, 0.717) is 17.4 Å². The zero-order chi connectivity index (χ0) is 18.8. The van der Waals surface area contributed by atoms with Crippen molar-refractivity contribution in [2.24, 2.45) is 0 Å². The average Bonchev–Trinajstić information content (AvgIpc) is 2.69. The molecule has 1 saturated heterocycles. The Morgan fingerprint density at radius 2 is 1.93 bits per heavy atom. The normalized spacial score (nSPS) is 16.9. The molecule has 27 heavy (non-hydrogen) atoms. The Hall–Kier alpha value is -2.87. The van der Waals surface area contributed by atoms with Crippen LogP contribution in [0.4, 0.5) is 17.3 Å². The number of carbonyl (C=O) groups is 1. The molecule has 1 amide bonds. The van der Waals surface area contributed by atoms with Gasteiger partial charge in [0.2, 0.25) is 11.8 Å². The van der Waals surface area contributed by atoms with Crippen molar-refractivity contribution < 1.29 is 9.53 Å². The van der Waals surface area contributed by atoms with Crippen LogP contribution in [0.3, 0.4) is 0 Å². The summed E-state index contributed by atoms with van der Waals surface area (Å²) >= 11 is 0. The lowest BCUT2D eigenvalue weighted by molar-refractivity contribution is 0.0417. The van der Waals surface area contributed by atoms with Gasteiger partial charge in [0.15, 0.2) is 6.73 Å². The number of amides is 1. The molecule has 2 aliphatic rings. The summed E-state index contributed by atoms with van der Waals surface area (Å²) in [6.45, 7) is 8.16. The Morgan fingerprint density at radius 3 is 2.63 bits per heavy atom. The highest BCUT2D eigenvalue weighted by atomic mass is 16.5. The molecule has 0 unspecified atom stereocenters. The third-order valence-electron chi connectivity index (χ3n) is 4.81. The second-order valence-electron chi connectivity index (χ2n) is 6.96. The smallest absolute Gasteiger partial charge is 0.263 e. The first-order chi connectivity index (χ1) is 13.1. The Kier molecular flexibility index (Phi) is 4.81. The Bertz CT molecular complexity index is 817. The number of piperazine rings is 1. The minimum absolute atomic E-state index is 0.0673. The van der Waals surface area contributed by atoms with Crippen molar-refractivity contribution in [3.8, 4) is 5.88 Å². The van der Waals surface area contributed by atoms with Gasteiger partial charge in [-0.25, -0.2) is 4.98 Å². The summed E-state index contributed by atoms with van der Waals surface area (Å²) < 4.78 is 5.65. The van der Waals surface area contributed by atoms with E-state index in [4.69, 9.17) is 4.74 Å². The third kappa shape index (κ3) is 3.66. The zero-order valence-corrected chi connectivity index (χ0v) is 15.6. The van der Waals surface area contributed by atoms with Crippen LogP contribution < -0.4 is 20.3 Å². The fourth-order valence-corrected chi connectivity index (χ4v) is 3.22. The quantitative estimate of drug-likeness (QED) is 0.852. The molecule has 2 aromatic rings. The van der Waals surface area contributed by atoms with Crippen LogP contribution in [-0.4, -0.2) is 59.7 Å². The second-order valence-corrected chi connectivity index (χ2v) is 6.96.